The predicted octanol–water partition coefficient (Wildman–Crippen LogP) is 1.96. The summed E-state index contributed by atoms with van der Waals surface area (Å²) in [4.78, 5) is 31.3. The van der Waals surface area contributed by atoms with E-state index < -0.39 is 26.7 Å². The van der Waals surface area contributed by atoms with E-state index in [0.717, 1.165) is 18.0 Å². The minimum Gasteiger partial charge on any atom is -0.310 e. The van der Waals surface area contributed by atoms with Crippen molar-refractivity contribution in [1.29, 1.82) is 0 Å². The highest BCUT2D eigenvalue weighted by atomic mass is 16.6. The third-order valence-corrected chi connectivity index (χ3v) is 2.71. The topological polar surface area (TPSA) is 108 Å². The molecule has 0 saturated heterocycles. The lowest BCUT2D eigenvalue weighted by molar-refractivity contribution is -0.397. The van der Waals surface area contributed by atoms with Gasteiger partial charge in [-0.05, 0) is 19.1 Å². The summed E-state index contributed by atoms with van der Waals surface area (Å²) in [6.45, 7) is 1.86. The van der Waals surface area contributed by atoms with Crippen molar-refractivity contribution >= 4 is 11.4 Å². The highest BCUT2D eigenvalue weighted by Crippen LogP contribution is 2.17. The Morgan fingerprint density at radius 1 is 0.950 bits per heavy atom. The SMILES string of the molecule is Cc1ccc(-n2cc([N+](=O)[O-])c(=O)c([N+](=O)[O-])c2)cc1. The summed E-state index contributed by atoms with van der Waals surface area (Å²) >= 11 is 0. The Bertz CT molecular complexity index is 710. The van der Waals surface area contributed by atoms with Gasteiger partial charge in [-0.1, -0.05) is 17.7 Å². The molecule has 0 saturated carbocycles. The van der Waals surface area contributed by atoms with Crippen LogP contribution in [0.1, 0.15) is 5.56 Å². The number of aromatic nitrogens is 1. The van der Waals surface area contributed by atoms with Crippen LogP contribution in [0.5, 0.6) is 0 Å². The standard InChI is InChI=1S/C12H9N3O5/c1-8-2-4-9(5-3-8)13-6-10(14(17)18)12(16)11(7-13)15(19)20/h2-7H,1H3. The lowest BCUT2D eigenvalue weighted by Gasteiger charge is -2.06. The van der Waals surface area contributed by atoms with Crippen molar-refractivity contribution in [1.82, 2.24) is 4.57 Å². The van der Waals surface area contributed by atoms with Gasteiger partial charge in [0.05, 0.1) is 22.2 Å². The summed E-state index contributed by atoms with van der Waals surface area (Å²) in [6, 6.07) is 6.80. The molecule has 0 bridgehead atoms. The number of nitro groups is 2. The minimum atomic E-state index is -1.21. The molecule has 102 valence electrons. The molecule has 2 rings (SSSR count). The monoisotopic (exact) mass is 275 g/mol. The first kappa shape index (κ1) is 13.4. The van der Waals surface area contributed by atoms with Crippen molar-refractivity contribution in [2.75, 3.05) is 0 Å². The van der Waals surface area contributed by atoms with Gasteiger partial charge in [0.25, 0.3) is 0 Å². The number of aryl methyl sites for hydroxylation is 1. The summed E-state index contributed by atoms with van der Waals surface area (Å²) in [5.41, 5.74) is -1.41. The first-order valence-electron chi connectivity index (χ1n) is 5.52. The van der Waals surface area contributed by atoms with Crippen LogP contribution in [0.3, 0.4) is 0 Å². The molecule has 0 spiro atoms. The Labute approximate surface area is 112 Å². The summed E-state index contributed by atoms with van der Waals surface area (Å²) in [6.07, 6.45) is 1.94. The maximum absolute atomic E-state index is 11.6. The quantitative estimate of drug-likeness (QED) is 0.628. The van der Waals surface area contributed by atoms with Crippen LogP contribution in [0.15, 0.2) is 41.5 Å². The first-order valence-corrected chi connectivity index (χ1v) is 5.52. The third kappa shape index (κ3) is 2.39. The number of nitrogens with zero attached hydrogens (tertiary/aromatic N) is 3. The first-order chi connectivity index (χ1) is 9.40. The summed E-state index contributed by atoms with van der Waals surface area (Å²) < 4.78 is 1.19. The van der Waals surface area contributed by atoms with Gasteiger partial charge in [0.2, 0.25) is 0 Å². The number of benzene rings is 1. The minimum absolute atomic E-state index is 0.488. The molecular formula is C12H9N3O5. The number of rotatable bonds is 3. The van der Waals surface area contributed by atoms with E-state index in [0.29, 0.717) is 5.69 Å². The fraction of sp³-hybridized carbons (Fsp3) is 0.0833. The average molecular weight is 275 g/mol. The van der Waals surface area contributed by atoms with Gasteiger partial charge in [0, 0.05) is 5.69 Å². The van der Waals surface area contributed by atoms with E-state index in [-0.39, 0.29) is 0 Å². The summed E-state index contributed by atoms with van der Waals surface area (Å²) in [7, 11) is 0. The van der Waals surface area contributed by atoms with Crippen LogP contribution in [0.2, 0.25) is 0 Å². The lowest BCUT2D eigenvalue weighted by atomic mass is 10.2. The smallest absolute Gasteiger partial charge is 0.310 e. The number of hydrogen-bond acceptors (Lipinski definition) is 5. The number of pyridine rings is 1. The summed E-state index contributed by atoms with van der Waals surface area (Å²) in [5, 5.41) is 21.6. The molecule has 8 nitrogen and oxygen atoms in total. The normalized spacial score (nSPS) is 10.2. The Hall–Kier alpha value is -3.03. The molecule has 20 heavy (non-hydrogen) atoms. The van der Waals surface area contributed by atoms with E-state index in [4.69, 9.17) is 0 Å². The Kier molecular flexibility index (Phi) is 3.30. The maximum atomic E-state index is 11.6. The van der Waals surface area contributed by atoms with E-state index in [1.54, 1.807) is 24.3 Å². The van der Waals surface area contributed by atoms with Crippen LogP contribution < -0.4 is 5.43 Å². The molecule has 0 fully saturated rings. The lowest BCUT2D eigenvalue weighted by Crippen LogP contribution is -2.15. The Morgan fingerprint density at radius 2 is 1.40 bits per heavy atom. The van der Waals surface area contributed by atoms with Crippen LogP contribution in [0.4, 0.5) is 11.4 Å². The molecule has 0 aliphatic carbocycles. The molecule has 0 unspecified atom stereocenters. The van der Waals surface area contributed by atoms with Crippen LogP contribution in [-0.4, -0.2) is 14.4 Å². The molecule has 1 aromatic carbocycles. The van der Waals surface area contributed by atoms with E-state index in [1.807, 2.05) is 6.92 Å². The highest BCUT2D eigenvalue weighted by molar-refractivity contribution is 5.45. The molecule has 0 radical (unpaired) electrons. The van der Waals surface area contributed by atoms with E-state index >= 15 is 0 Å². The molecule has 0 aliphatic rings. The second kappa shape index (κ2) is 4.92. The van der Waals surface area contributed by atoms with Gasteiger partial charge in [-0.15, -0.1) is 0 Å². The van der Waals surface area contributed by atoms with Crippen molar-refractivity contribution < 1.29 is 9.85 Å². The molecule has 0 aliphatic heterocycles. The van der Waals surface area contributed by atoms with Gasteiger partial charge in [0.15, 0.2) is 0 Å². The molecule has 1 aromatic heterocycles. The van der Waals surface area contributed by atoms with Gasteiger partial charge >= 0.3 is 16.8 Å². The Morgan fingerprint density at radius 3 is 1.80 bits per heavy atom. The van der Waals surface area contributed by atoms with Gasteiger partial charge in [-0.2, -0.15) is 0 Å². The molecule has 0 atom stereocenters. The average Bonchev–Trinajstić information content (AvgIpc) is 2.39. The van der Waals surface area contributed by atoms with Crippen LogP contribution >= 0.6 is 0 Å². The predicted molar refractivity (Wildman–Crippen MR) is 70.1 cm³/mol. The zero-order valence-corrected chi connectivity index (χ0v) is 10.3. The van der Waals surface area contributed by atoms with Gasteiger partial charge in [-0.25, -0.2) is 0 Å². The third-order valence-electron chi connectivity index (χ3n) is 2.71. The van der Waals surface area contributed by atoms with Crippen LogP contribution in [0.25, 0.3) is 5.69 Å². The zero-order valence-electron chi connectivity index (χ0n) is 10.3. The molecule has 2 aromatic rings. The number of hydrogen-bond donors (Lipinski definition) is 0. The Balaban J connectivity index is 2.71. The van der Waals surface area contributed by atoms with Gasteiger partial charge in [-0.3, -0.25) is 25.0 Å². The van der Waals surface area contributed by atoms with E-state index in [9.17, 15) is 25.0 Å². The molecule has 8 heteroatoms. The van der Waals surface area contributed by atoms with E-state index in [2.05, 4.69) is 0 Å². The van der Waals surface area contributed by atoms with Crippen LogP contribution in [-0.2, 0) is 0 Å². The van der Waals surface area contributed by atoms with Gasteiger partial charge in [0.1, 0.15) is 0 Å². The van der Waals surface area contributed by atoms with Crippen molar-refractivity contribution in [3.8, 4) is 5.69 Å². The molecule has 0 N–H and O–H groups in total. The van der Waals surface area contributed by atoms with Crippen molar-refractivity contribution in [3.05, 3.63) is 72.7 Å². The largest absolute Gasteiger partial charge is 0.340 e. The van der Waals surface area contributed by atoms with Crippen molar-refractivity contribution in [3.63, 3.8) is 0 Å². The second-order valence-corrected chi connectivity index (χ2v) is 4.11. The second-order valence-electron chi connectivity index (χ2n) is 4.11. The molecule has 1 heterocycles. The maximum Gasteiger partial charge on any atom is 0.340 e. The van der Waals surface area contributed by atoms with Crippen molar-refractivity contribution in [2.45, 2.75) is 6.92 Å². The highest BCUT2D eigenvalue weighted by Gasteiger charge is 2.24. The van der Waals surface area contributed by atoms with Crippen LogP contribution in [0, 0.1) is 27.2 Å². The fourth-order valence-electron chi connectivity index (χ4n) is 1.68. The summed E-state index contributed by atoms with van der Waals surface area (Å²) in [5.74, 6) is 0. The molecular weight excluding hydrogens is 266 g/mol. The van der Waals surface area contributed by atoms with Crippen molar-refractivity contribution in [2.24, 2.45) is 0 Å². The van der Waals surface area contributed by atoms with Gasteiger partial charge < -0.3 is 4.57 Å². The molecule has 0 amide bonds. The zero-order chi connectivity index (χ0) is 14.9. The van der Waals surface area contributed by atoms with E-state index in [1.165, 1.54) is 4.57 Å². The fourth-order valence-corrected chi connectivity index (χ4v) is 1.68.